The second-order valence-corrected chi connectivity index (χ2v) is 10.1. The molecule has 1 rings (SSSR count). The fourth-order valence-electron chi connectivity index (χ4n) is 2.03. The predicted molar refractivity (Wildman–Crippen MR) is 99.1 cm³/mol. The van der Waals surface area contributed by atoms with Crippen molar-refractivity contribution in [2.45, 2.75) is 73.0 Å². The Morgan fingerprint density at radius 2 is 1.73 bits per heavy atom. The molecule has 0 aliphatic carbocycles. The highest BCUT2D eigenvalue weighted by molar-refractivity contribution is 7.85. The summed E-state index contributed by atoms with van der Waals surface area (Å²) in [6.07, 6.45) is 2.27. The molecule has 124 valence electrons. The van der Waals surface area contributed by atoms with Crippen LogP contribution in [0.25, 0.3) is 0 Å². The molecule has 0 amide bonds. The lowest BCUT2D eigenvalue weighted by Crippen LogP contribution is -2.20. The molecule has 1 aromatic rings. The van der Waals surface area contributed by atoms with E-state index < -0.39 is 11.0 Å². The molecule has 1 unspecified atom stereocenters. The van der Waals surface area contributed by atoms with Gasteiger partial charge in [0.25, 0.3) is 0 Å². The van der Waals surface area contributed by atoms with Gasteiger partial charge in [0.2, 0.25) is 0 Å². The van der Waals surface area contributed by atoms with Crippen LogP contribution in [0.3, 0.4) is 0 Å². The van der Waals surface area contributed by atoms with Crippen molar-refractivity contribution in [2.24, 2.45) is 9.81 Å². The third kappa shape index (κ3) is 6.04. The zero-order chi connectivity index (χ0) is 17.1. The van der Waals surface area contributed by atoms with Crippen molar-refractivity contribution < 1.29 is 4.21 Å². The van der Waals surface area contributed by atoms with E-state index in [9.17, 15) is 4.21 Å². The lowest BCUT2D eigenvalue weighted by atomic mass is 9.87. The van der Waals surface area contributed by atoms with Gasteiger partial charge in [0.15, 0.2) is 0 Å². The summed E-state index contributed by atoms with van der Waals surface area (Å²) in [6, 6.07) is 6.45. The van der Waals surface area contributed by atoms with E-state index in [1.807, 2.05) is 27.7 Å². The van der Waals surface area contributed by atoms with E-state index in [4.69, 9.17) is 0 Å². The Labute approximate surface area is 139 Å². The Balaban J connectivity index is 2.93. The second kappa shape index (κ2) is 7.08. The Kier molecular flexibility index (Phi) is 6.14. The van der Waals surface area contributed by atoms with Crippen LogP contribution in [-0.2, 0) is 17.4 Å². The van der Waals surface area contributed by atoms with E-state index in [1.54, 1.807) is 0 Å². The van der Waals surface area contributed by atoms with E-state index in [0.29, 0.717) is 5.41 Å². The van der Waals surface area contributed by atoms with Crippen molar-refractivity contribution >= 4 is 16.7 Å². The molecule has 0 saturated carbocycles. The highest BCUT2D eigenvalue weighted by Gasteiger charge is 2.19. The standard InChI is InChI=1S/C19H31NOS/c1-14-13-17(15(2)20-22(21)19(6,7)8)10-9-16(14)11-12-18(3,4)5/h9-10,13H,11-12H2,1-8H3. The number of rotatable bonds is 4. The molecule has 0 fully saturated rings. The third-order valence-corrected chi connectivity index (χ3v) is 5.14. The van der Waals surface area contributed by atoms with Gasteiger partial charge in [-0.25, -0.2) is 4.21 Å². The second-order valence-electron chi connectivity index (χ2n) is 8.24. The van der Waals surface area contributed by atoms with E-state index in [0.717, 1.165) is 17.7 Å². The van der Waals surface area contributed by atoms with Crippen LogP contribution >= 0.6 is 0 Å². The van der Waals surface area contributed by atoms with Crippen LogP contribution in [0.5, 0.6) is 0 Å². The minimum atomic E-state index is -1.21. The van der Waals surface area contributed by atoms with Gasteiger partial charge in [-0.2, -0.15) is 4.40 Å². The summed E-state index contributed by atoms with van der Waals surface area (Å²) in [6.45, 7) is 16.7. The summed E-state index contributed by atoms with van der Waals surface area (Å²) in [7, 11) is -1.21. The van der Waals surface area contributed by atoms with Gasteiger partial charge in [-0.3, -0.25) is 0 Å². The summed E-state index contributed by atoms with van der Waals surface area (Å²) in [5.74, 6) is 0. The molecular formula is C19H31NOS. The topological polar surface area (TPSA) is 29.4 Å². The smallest absolute Gasteiger partial charge is 0.145 e. The van der Waals surface area contributed by atoms with Gasteiger partial charge in [-0.05, 0) is 75.6 Å². The lowest BCUT2D eigenvalue weighted by molar-refractivity contribution is 0.378. The molecule has 0 heterocycles. The van der Waals surface area contributed by atoms with Crippen LogP contribution < -0.4 is 0 Å². The first-order valence-electron chi connectivity index (χ1n) is 7.97. The largest absolute Gasteiger partial charge is 0.234 e. The molecule has 0 aliphatic heterocycles. The zero-order valence-corrected chi connectivity index (χ0v) is 16.2. The molecule has 0 radical (unpaired) electrons. The fourth-order valence-corrected chi connectivity index (χ4v) is 2.65. The van der Waals surface area contributed by atoms with Gasteiger partial charge in [-0.1, -0.05) is 32.9 Å². The molecule has 0 N–H and O–H groups in total. The van der Waals surface area contributed by atoms with Gasteiger partial charge < -0.3 is 0 Å². The molecule has 1 atom stereocenters. The van der Waals surface area contributed by atoms with Gasteiger partial charge in [-0.15, -0.1) is 0 Å². The van der Waals surface area contributed by atoms with E-state index in [2.05, 4.69) is 50.3 Å². The maximum Gasteiger partial charge on any atom is 0.145 e. The fraction of sp³-hybridized carbons (Fsp3) is 0.632. The molecule has 22 heavy (non-hydrogen) atoms. The molecule has 0 spiro atoms. The molecule has 0 bridgehead atoms. The quantitative estimate of drug-likeness (QED) is 0.697. The van der Waals surface area contributed by atoms with E-state index in [-0.39, 0.29) is 4.75 Å². The normalized spacial score (nSPS) is 15.0. The van der Waals surface area contributed by atoms with Crippen LogP contribution in [0.2, 0.25) is 0 Å². The summed E-state index contributed by atoms with van der Waals surface area (Å²) in [4.78, 5) is 0. The maximum absolute atomic E-state index is 12.1. The maximum atomic E-state index is 12.1. The predicted octanol–water partition coefficient (Wildman–Crippen LogP) is 5.24. The van der Waals surface area contributed by atoms with Gasteiger partial charge in [0, 0.05) is 0 Å². The minimum Gasteiger partial charge on any atom is -0.234 e. The number of aryl methyl sites for hydroxylation is 2. The Bertz CT molecular complexity index is 574. The molecule has 2 nitrogen and oxygen atoms in total. The van der Waals surface area contributed by atoms with Crippen molar-refractivity contribution in [3.05, 3.63) is 34.9 Å². The van der Waals surface area contributed by atoms with Crippen LogP contribution in [0.1, 0.15) is 71.6 Å². The molecular weight excluding hydrogens is 290 g/mol. The molecule has 0 saturated heterocycles. The lowest BCUT2D eigenvalue weighted by Gasteiger charge is -2.19. The Hall–Kier alpha value is -0.960. The Morgan fingerprint density at radius 1 is 1.14 bits per heavy atom. The van der Waals surface area contributed by atoms with Crippen molar-refractivity contribution in [3.8, 4) is 0 Å². The summed E-state index contributed by atoms with van der Waals surface area (Å²) >= 11 is 0. The number of hydrogen-bond donors (Lipinski definition) is 0. The Morgan fingerprint density at radius 3 is 2.18 bits per heavy atom. The first-order valence-corrected chi connectivity index (χ1v) is 9.08. The molecule has 0 aliphatic rings. The van der Waals surface area contributed by atoms with Gasteiger partial charge >= 0.3 is 0 Å². The number of nitrogens with zero attached hydrogens (tertiary/aromatic N) is 1. The molecule has 1 aromatic carbocycles. The molecule has 3 heteroatoms. The summed E-state index contributed by atoms with van der Waals surface area (Å²) in [5, 5.41) is 0. The zero-order valence-electron chi connectivity index (χ0n) is 15.4. The highest BCUT2D eigenvalue weighted by atomic mass is 32.2. The SMILES string of the molecule is CC(=NS(=O)C(C)(C)C)c1ccc(CCC(C)(C)C)c(C)c1. The van der Waals surface area contributed by atoms with Crippen LogP contribution in [0.4, 0.5) is 0 Å². The third-order valence-electron chi connectivity index (χ3n) is 3.65. The van der Waals surface area contributed by atoms with Crippen molar-refractivity contribution in [1.29, 1.82) is 0 Å². The van der Waals surface area contributed by atoms with Crippen molar-refractivity contribution in [1.82, 2.24) is 0 Å². The van der Waals surface area contributed by atoms with Gasteiger partial charge in [0.05, 0.1) is 10.5 Å². The monoisotopic (exact) mass is 321 g/mol. The van der Waals surface area contributed by atoms with Crippen LogP contribution in [0, 0.1) is 12.3 Å². The van der Waals surface area contributed by atoms with Crippen LogP contribution in [-0.4, -0.2) is 14.7 Å². The molecule has 0 aromatic heterocycles. The summed E-state index contributed by atoms with van der Waals surface area (Å²) < 4.78 is 16.2. The van der Waals surface area contributed by atoms with Crippen molar-refractivity contribution in [2.75, 3.05) is 0 Å². The van der Waals surface area contributed by atoms with Crippen molar-refractivity contribution in [3.63, 3.8) is 0 Å². The first kappa shape index (κ1) is 19.1. The number of benzene rings is 1. The first-order chi connectivity index (χ1) is 9.90. The highest BCUT2D eigenvalue weighted by Crippen LogP contribution is 2.23. The number of hydrogen-bond acceptors (Lipinski definition) is 1. The van der Waals surface area contributed by atoms with E-state index >= 15 is 0 Å². The summed E-state index contributed by atoms with van der Waals surface area (Å²) in [5.41, 5.74) is 4.95. The minimum absolute atomic E-state index is 0.317. The average molecular weight is 322 g/mol. The average Bonchev–Trinajstić information content (AvgIpc) is 2.34. The van der Waals surface area contributed by atoms with Crippen LogP contribution in [0.15, 0.2) is 22.6 Å². The van der Waals surface area contributed by atoms with Gasteiger partial charge in [0.1, 0.15) is 11.0 Å². The van der Waals surface area contributed by atoms with E-state index in [1.165, 1.54) is 17.5 Å².